The Morgan fingerprint density at radius 2 is 2.10 bits per heavy atom. The van der Waals surface area contributed by atoms with Gasteiger partial charge in [0.2, 0.25) is 11.8 Å². The van der Waals surface area contributed by atoms with Gasteiger partial charge in [-0.15, -0.1) is 0 Å². The highest BCUT2D eigenvalue weighted by atomic mass is 16.5. The molecule has 168 valence electrons. The van der Waals surface area contributed by atoms with E-state index in [-0.39, 0.29) is 48.1 Å². The minimum absolute atomic E-state index is 0.0279. The van der Waals surface area contributed by atoms with E-state index in [0.717, 1.165) is 13.1 Å². The van der Waals surface area contributed by atoms with Gasteiger partial charge in [0.05, 0.1) is 17.5 Å². The van der Waals surface area contributed by atoms with Gasteiger partial charge in [-0.05, 0) is 37.4 Å². The molecule has 1 fully saturated rings. The second-order valence-electron chi connectivity index (χ2n) is 7.83. The highest BCUT2D eigenvalue weighted by Gasteiger charge is 2.38. The average molecular weight is 432 g/mol. The van der Waals surface area contributed by atoms with Crippen molar-refractivity contribution in [3.05, 3.63) is 29.3 Å². The maximum atomic E-state index is 12.5. The maximum absolute atomic E-state index is 12.5. The molecular formula is C20H29BN4O6. The van der Waals surface area contributed by atoms with Crippen molar-refractivity contribution in [1.82, 2.24) is 21.3 Å². The summed E-state index contributed by atoms with van der Waals surface area (Å²) >= 11 is 0. The van der Waals surface area contributed by atoms with Crippen LogP contribution in [0.5, 0.6) is 5.75 Å². The van der Waals surface area contributed by atoms with E-state index in [1.54, 1.807) is 12.1 Å². The molecular weight excluding hydrogens is 403 g/mol. The lowest BCUT2D eigenvalue weighted by Crippen LogP contribution is -2.56. The number of rotatable bonds is 9. The molecule has 3 rings (SSSR count). The lowest BCUT2D eigenvalue weighted by atomic mass is 9.72. The van der Waals surface area contributed by atoms with Crippen LogP contribution >= 0.6 is 0 Å². The highest BCUT2D eigenvalue weighted by Crippen LogP contribution is 2.30. The Labute approximate surface area is 181 Å². The van der Waals surface area contributed by atoms with E-state index in [9.17, 15) is 24.5 Å². The first-order valence-corrected chi connectivity index (χ1v) is 10.6. The van der Waals surface area contributed by atoms with Crippen molar-refractivity contribution in [1.29, 1.82) is 0 Å². The van der Waals surface area contributed by atoms with Gasteiger partial charge >= 0.3 is 13.1 Å². The lowest BCUT2D eigenvalue weighted by molar-refractivity contribution is -0.127. The summed E-state index contributed by atoms with van der Waals surface area (Å²) in [5.74, 6) is -2.15. The molecule has 2 aliphatic heterocycles. The van der Waals surface area contributed by atoms with E-state index in [2.05, 4.69) is 21.3 Å². The van der Waals surface area contributed by atoms with E-state index >= 15 is 0 Å². The number of benzene rings is 1. The zero-order valence-corrected chi connectivity index (χ0v) is 17.5. The van der Waals surface area contributed by atoms with Crippen LogP contribution in [0.15, 0.2) is 18.2 Å². The number of carbonyl (C=O) groups excluding carboxylic acids is 2. The Morgan fingerprint density at radius 1 is 1.29 bits per heavy atom. The molecule has 11 heteroatoms. The molecule has 3 atom stereocenters. The Bertz CT molecular complexity index is 823. The Morgan fingerprint density at radius 3 is 2.81 bits per heavy atom. The van der Waals surface area contributed by atoms with Crippen LogP contribution in [0.25, 0.3) is 0 Å². The van der Waals surface area contributed by atoms with Crippen LogP contribution in [0.3, 0.4) is 0 Å². The fraction of sp³-hybridized carbons (Fsp3) is 0.550. The first-order chi connectivity index (χ1) is 14.9. The summed E-state index contributed by atoms with van der Waals surface area (Å²) in [6, 6.07) is 4.18. The predicted molar refractivity (Wildman–Crippen MR) is 114 cm³/mol. The summed E-state index contributed by atoms with van der Waals surface area (Å²) in [6.07, 6.45) is 1.67. The van der Waals surface area contributed by atoms with Crippen molar-refractivity contribution in [3.63, 3.8) is 0 Å². The highest BCUT2D eigenvalue weighted by molar-refractivity contribution is 6.47. The smallest absolute Gasteiger partial charge is 0.534 e. The monoisotopic (exact) mass is 432 g/mol. The topological polar surface area (TPSA) is 149 Å². The van der Waals surface area contributed by atoms with E-state index in [1.807, 2.05) is 6.92 Å². The molecule has 1 saturated heterocycles. The number of carboxylic acid groups (broad SMARTS) is 1. The summed E-state index contributed by atoms with van der Waals surface area (Å²) < 4.78 is 5.39. The molecule has 1 aromatic carbocycles. The largest absolute Gasteiger partial charge is 0.547 e. The zero-order valence-electron chi connectivity index (χ0n) is 17.5. The van der Waals surface area contributed by atoms with Crippen LogP contribution in [0, 0.1) is 0 Å². The third-order valence-electron chi connectivity index (χ3n) is 5.54. The van der Waals surface area contributed by atoms with Crippen molar-refractivity contribution < 1.29 is 29.2 Å². The number of likely N-dealkylation sites (N-methyl/N-ethyl adjacent to an activating group) is 1. The fourth-order valence-corrected chi connectivity index (χ4v) is 3.94. The SMILES string of the molecule is CCNCCNC1CCC(CC(=O)NC2Cc3cccc(C(=O)O)c3OB2O)NC1=O. The first kappa shape index (κ1) is 23.0. The normalized spacial score (nSPS) is 22.8. The number of para-hydroxylation sites is 1. The molecule has 31 heavy (non-hydrogen) atoms. The minimum atomic E-state index is -1.36. The number of hydrogen-bond donors (Lipinski definition) is 6. The molecule has 10 nitrogen and oxygen atoms in total. The van der Waals surface area contributed by atoms with Gasteiger partial charge in [-0.3, -0.25) is 9.59 Å². The molecule has 2 aliphatic rings. The van der Waals surface area contributed by atoms with Crippen LogP contribution in [-0.2, 0) is 16.0 Å². The van der Waals surface area contributed by atoms with Crippen LogP contribution in [0.1, 0.15) is 42.1 Å². The van der Waals surface area contributed by atoms with Crippen LogP contribution < -0.4 is 25.9 Å². The van der Waals surface area contributed by atoms with Crippen LogP contribution in [0.2, 0.25) is 0 Å². The Balaban J connectivity index is 1.49. The van der Waals surface area contributed by atoms with Crippen molar-refractivity contribution >= 4 is 24.9 Å². The summed E-state index contributed by atoms with van der Waals surface area (Å²) in [5, 5.41) is 31.5. The van der Waals surface area contributed by atoms with Gasteiger partial charge in [-0.25, -0.2) is 4.79 Å². The third-order valence-corrected chi connectivity index (χ3v) is 5.54. The summed E-state index contributed by atoms with van der Waals surface area (Å²) in [6.45, 7) is 4.38. The molecule has 2 amide bonds. The Kier molecular flexibility index (Phi) is 7.88. The summed E-state index contributed by atoms with van der Waals surface area (Å²) in [4.78, 5) is 36.1. The number of fused-ring (bicyclic) bond motifs is 1. The van der Waals surface area contributed by atoms with Gasteiger partial charge in [-0.1, -0.05) is 19.1 Å². The average Bonchev–Trinajstić information content (AvgIpc) is 2.72. The van der Waals surface area contributed by atoms with Crippen molar-refractivity contribution in [2.24, 2.45) is 0 Å². The Hall–Kier alpha value is -2.63. The number of carboxylic acids is 1. The van der Waals surface area contributed by atoms with E-state index < -0.39 is 19.0 Å². The number of piperidine rings is 1. The number of nitrogens with one attached hydrogen (secondary N) is 4. The fourth-order valence-electron chi connectivity index (χ4n) is 3.94. The molecule has 0 spiro atoms. The second-order valence-corrected chi connectivity index (χ2v) is 7.83. The standard InChI is InChI=1S/C20H29BN4O6/c1-2-22-8-9-23-15-7-6-13(24-19(15)27)11-17(26)25-16-10-12-4-3-5-14(20(28)29)18(12)31-21(16)30/h3-5,13,15-16,22-23,30H,2,6-11H2,1H3,(H,24,27)(H,25,26)(H,28,29). The second kappa shape index (κ2) is 10.6. The van der Waals surface area contributed by atoms with Crippen LogP contribution in [0.4, 0.5) is 0 Å². The van der Waals surface area contributed by atoms with Gasteiger partial charge in [0.25, 0.3) is 0 Å². The molecule has 6 N–H and O–H groups in total. The number of aromatic carboxylic acids is 1. The van der Waals surface area contributed by atoms with Gasteiger partial charge in [0.15, 0.2) is 0 Å². The van der Waals surface area contributed by atoms with Crippen molar-refractivity contribution in [2.75, 3.05) is 19.6 Å². The first-order valence-electron chi connectivity index (χ1n) is 10.6. The minimum Gasteiger partial charge on any atom is -0.534 e. The number of carbonyl (C=O) groups is 3. The summed E-state index contributed by atoms with van der Waals surface area (Å²) in [5.41, 5.74) is 0.577. The molecule has 0 aliphatic carbocycles. The molecule has 1 aromatic rings. The number of hydrogen-bond acceptors (Lipinski definition) is 7. The number of amides is 2. The lowest BCUT2D eigenvalue weighted by Gasteiger charge is -2.31. The third kappa shape index (κ3) is 5.96. The van der Waals surface area contributed by atoms with Gasteiger partial charge in [-0.2, -0.15) is 0 Å². The van der Waals surface area contributed by atoms with E-state index in [4.69, 9.17) is 4.65 Å². The van der Waals surface area contributed by atoms with Crippen LogP contribution in [-0.4, -0.2) is 72.7 Å². The van der Waals surface area contributed by atoms with Gasteiger partial charge < -0.3 is 36.1 Å². The quantitative estimate of drug-likeness (QED) is 0.216. The maximum Gasteiger partial charge on any atom is 0.547 e. The van der Waals surface area contributed by atoms with E-state index in [1.165, 1.54) is 6.07 Å². The molecule has 0 bridgehead atoms. The summed E-state index contributed by atoms with van der Waals surface area (Å²) in [7, 11) is -1.36. The van der Waals surface area contributed by atoms with Gasteiger partial charge in [0.1, 0.15) is 5.75 Å². The van der Waals surface area contributed by atoms with Gasteiger partial charge in [0, 0.05) is 25.6 Å². The molecule has 2 heterocycles. The molecule has 3 unspecified atom stereocenters. The molecule has 0 radical (unpaired) electrons. The zero-order chi connectivity index (χ0) is 22.4. The van der Waals surface area contributed by atoms with Crippen molar-refractivity contribution in [2.45, 2.75) is 50.6 Å². The van der Waals surface area contributed by atoms with E-state index in [0.29, 0.717) is 24.9 Å². The predicted octanol–water partition coefficient (Wildman–Crippen LogP) is -0.939. The van der Waals surface area contributed by atoms with Crippen molar-refractivity contribution in [3.8, 4) is 5.75 Å². The molecule has 0 aromatic heterocycles. The molecule has 0 saturated carbocycles.